The summed E-state index contributed by atoms with van der Waals surface area (Å²) < 4.78 is 41.9. The molecule has 4 saturated heterocycles. The quantitative estimate of drug-likeness (QED) is 0.149. The van der Waals surface area contributed by atoms with Crippen molar-refractivity contribution in [2.45, 2.75) is 94.4 Å². The molecule has 13 nitrogen and oxygen atoms in total. The molecule has 1 unspecified atom stereocenters. The molecule has 1 atom stereocenters. The standard InChI is InChI=1S/C40H47F2N9O4S.C6H12/c41-37(42)34-20-29-24-43-40(47-38(29)46-39(34)54)44-30-9-13-51(14-10-30)56(55)33-6-2-5-32(23-33)50-17-15-48(16-18-50)25-26-7-11-49(12-8-26)31-4-1-3-27(19-31)28-21-35(52)45-36(53)22-28;1-6-4-2-3-5-6/h1-6,19-20,23-24,26,28,30,37H,7-18,21-22,25H2,(H,45,52,53)(H2,43,44,46,47,54);6H,2-5H2,1H3. The van der Waals surface area contributed by atoms with Crippen molar-refractivity contribution in [2.75, 3.05) is 74.0 Å². The molecule has 1 aliphatic carbocycles. The first-order valence-corrected chi connectivity index (χ1v) is 23.5. The Hall–Kier alpha value is -4.80. The average molecular weight is 872 g/mol. The zero-order valence-corrected chi connectivity index (χ0v) is 36.4. The second-order valence-corrected chi connectivity index (χ2v) is 19.2. The Morgan fingerprint density at radius 1 is 0.806 bits per heavy atom. The fourth-order valence-corrected chi connectivity index (χ4v) is 10.8. The van der Waals surface area contributed by atoms with Gasteiger partial charge in [0.15, 0.2) is 0 Å². The molecule has 0 radical (unpaired) electrons. The molecular formula is C46H59F2N9O4S. The molecule has 5 aliphatic rings. The molecule has 5 fully saturated rings. The van der Waals surface area contributed by atoms with Crippen LogP contribution in [-0.2, 0) is 20.6 Å². The van der Waals surface area contributed by atoms with Crippen LogP contribution in [0, 0.1) is 11.8 Å². The average Bonchev–Trinajstić information content (AvgIpc) is 3.77. The highest BCUT2D eigenvalue weighted by atomic mass is 32.2. The molecule has 1 saturated carbocycles. The van der Waals surface area contributed by atoms with Gasteiger partial charge in [-0.1, -0.05) is 50.8 Å². The SMILES string of the molecule is CC1CCCC1.O=C1CC(c2cccc(N3CCC(CN4CCN(c5cccc(S(=O)N6CCC(Nc7ncc8cc(C(F)F)c(=O)[nH]c8n7)CC6)c5)CC4)CC3)c2)CC(=O)N1. The van der Waals surface area contributed by atoms with Crippen LogP contribution in [-0.4, -0.2) is 105 Å². The van der Waals surface area contributed by atoms with Crippen LogP contribution >= 0.6 is 0 Å². The molecule has 6 heterocycles. The smallest absolute Gasteiger partial charge is 0.269 e. The van der Waals surface area contributed by atoms with E-state index in [0.29, 0.717) is 56.0 Å². The van der Waals surface area contributed by atoms with E-state index in [1.807, 2.05) is 28.6 Å². The summed E-state index contributed by atoms with van der Waals surface area (Å²) >= 11 is 0. The molecule has 3 N–H and O–H groups in total. The van der Waals surface area contributed by atoms with Crippen molar-refractivity contribution in [3.8, 4) is 0 Å². The lowest BCUT2D eigenvalue weighted by Crippen LogP contribution is -2.49. The second-order valence-electron chi connectivity index (χ2n) is 17.7. The van der Waals surface area contributed by atoms with Crippen molar-refractivity contribution >= 4 is 51.2 Å². The number of nitrogens with one attached hydrogen (secondary N) is 3. The van der Waals surface area contributed by atoms with Gasteiger partial charge in [-0.05, 0) is 79.5 Å². The van der Waals surface area contributed by atoms with E-state index < -0.39 is 28.5 Å². The van der Waals surface area contributed by atoms with E-state index in [2.05, 4.69) is 71.5 Å². The lowest BCUT2D eigenvalue weighted by Gasteiger charge is -2.40. The van der Waals surface area contributed by atoms with Crippen molar-refractivity contribution in [1.29, 1.82) is 0 Å². The largest absolute Gasteiger partial charge is 0.372 e. The normalized spacial score (nSPS) is 21.0. The third-order valence-corrected chi connectivity index (χ3v) is 14.8. The number of halogens is 2. The maximum Gasteiger partial charge on any atom is 0.269 e. The zero-order chi connectivity index (χ0) is 43.2. The summed E-state index contributed by atoms with van der Waals surface area (Å²) in [6, 6.07) is 17.6. The summed E-state index contributed by atoms with van der Waals surface area (Å²) in [5, 5.41) is 6.03. The summed E-state index contributed by atoms with van der Waals surface area (Å²) in [5.74, 6) is 1.54. The van der Waals surface area contributed by atoms with Gasteiger partial charge in [-0.25, -0.2) is 22.3 Å². The predicted octanol–water partition coefficient (Wildman–Crippen LogP) is 6.61. The number of imide groups is 1. The van der Waals surface area contributed by atoms with E-state index in [0.717, 1.165) is 86.8 Å². The molecule has 0 bridgehead atoms. The van der Waals surface area contributed by atoms with Crippen LogP contribution in [0.4, 0.5) is 26.1 Å². The molecule has 9 rings (SSSR count). The van der Waals surface area contributed by atoms with E-state index in [-0.39, 0.29) is 29.4 Å². The number of hydrogen-bond donors (Lipinski definition) is 3. The van der Waals surface area contributed by atoms with Gasteiger partial charge in [-0.3, -0.25) is 24.6 Å². The maximum atomic E-state index is 13.7. The molecule has 2 aromatic carbocycles. The molecule has 2 aromatic heterocycles. The van der Waals surface area contributed by atoms with Gasteiger partial charge < -0.3 is 20.1 Å². The summed E-state index contributed by atoms with van der Waals surface area (Å²) in [7, 11) is -1.31. The van der Waals surface area contributed by atoms with E-state index in [9.17, 15) is 27.4 Å². The van der Waals surface area contributed by atoms with Gasteiger partial charge in [0.05, 0.1) is 10.5 Å². The highest BCUT2D eigenvalue weighted by Crippen LogP contribution is 2.32. The number of carbonyl (C=O) groups excluding carboxylic acids is 2. The number of pyridine rings is 1. The second kappa shape index (κ2) is 20.1. The van der Waals surface area contributed by atoms with Gasteiger partial charge in [-0.2, -0.15) is 4.98 Å². The van der Waals surface area contributed by atoms with Gasteiger partial charge in [0.2, 0.25) is 17.8 Å². The van der Waals surface area contributed by atoms with Crippen LogP contribution in [0.25, 0.3) is 11.0 Å². The number of anilines is 3. The molecular weight excluding hydrogens is 813 g/mol. The van der Waals surface area contributed by atoms with E-state index in [1.54, 1.807) is 0 Å². The first-order valence-electron chi connectivity index (χ1n) is 22.4. The number of piperidine rings is 3. The molecule has 0 spiro atoms. The minimum absolute atomic E-state index is 0.0344. The summed E-state index contributed by atoms with van der Waals surface area (Å²) in [6.45, 7) is 10.4. The molecule has 62 heavy (non-hydrogen) atoms. The van der Waals surface area contributed by atoms with Crippen LogP contribution in [0.3, 0.4) is 0 Å². The fraction of sp³-hybridized carbons (Fsp3) is 0.543. The molecule has 4 aromatic rings. The van der Waals surface area contributed by atoms with Crippen molar-refractivity contribution in [3.05, 3.63) is 82.3 Å². The summed E-state index contributed by atoms with van der Waals surface area (Å²) in [5.41, 5.74) is 2.05. The Kier molecular flexibility index (Phi) is 14.2. The number of aromatic amines is 1. The van der Waals surface area contributed by atoms with Crippen molar-refractivity contribution in [2.24, 2.45) is 11.8 Å². The zero-order valence-electron chi connectivity index (χ0n) is 35.6. The first kappa shape index (κ1) is 43.8. The Labute approximate surface area is 364 Å². The molecule has 4 aliphatic heterocycles. The molecule has 332 valence electrons. The Morgan fingerprint density at radius 3 is 2.13 bits per heavy atom. The number of rotatable bonds is 10. The number of hydrogen-bond acceptors (Lipinski definition) is 10. The van der Waals surface area contributed by atoms with Gasteiger partial charge in [-0.15, -0.1) is 0 Å². The number of aromatic nitrogens is 3. The Balaban J connectivity index is 0.000000813. The number of alkyl halides is 2. The number of piperazine rings is 1. The molecule has 2 amide bonds. The van der Waals surface area contributed by atoms with Crippen LogP contribution in [0.5, 0.6) is 0 Å². The van der Waals surface area contributed by atoms with E-state index >= 15 is 0 Å². The van der Waals surface area contributed by atoms with Crippen molar-refractivity contribution in [1.82, 2.24) is 29.5 Å². The van der Waals surface area contributed by atoms with Gasteiger partial charge in [0, 0.05) is 107 Å². The van der Waals surface area contributed by atoms with Gasteiger partial charge in [0.1, 0.15) is 16.6 Å². The number of nitrogens with zero attached hydrogens (tertiary/aromatic N) is 6. The monoisotopic (exact) mass is 871 g/mol. The first-order chi connectivity index (χ1) is 30.0. The van der Waals surface area contributed by atoms with Gasteiger partial charge >= 0.3 is 0 Å². The Morgan fingerprint density at radius 2 is 1.47 bits per heavy atom. The predicted molar refractivity (Wildman–Crippen MR) is 239 cm³/mol. The third-order valence-electron chi connectivity index (χ3n) is 13.3. The number of amides is 2. The van der Waals surface area contributed by atoms with E-state index in [1.165, 1.54) is 37.6 Å². The highest BCUT2D eigenvalue weighted by molar-refractivity contribution is 7.82. The summed E-state index contributed by atoms with van der Waals surface area (Å²) in [6.07, 6.45) is 8.88. The highest BCUT2D eigenvalue weighted by Gasteiger charge is 2.29. The summed E-state index contributed by atoms with van der Waals surface area (Å²) in [4.78, 5) is 55.1. The fourth-order valence-electron chi connectivity index (χ4n) is 9.57. The Bertz CT molecular complexity index is 2250. The minimum Gasteiger partial charge on any atom is -0.372 e. The number of benzene rings is 2. The van der Waals surface area contributed by atoms with Crippen LogP contribution < -0.4 is 26.0 Å². The number of H-pyrrole nitrogens is 1. The lowest BCUT2D eigenvalue weighted by atomic mass is 9.89. The van der Waals surface area contributed by atoms with Crippen molar-refractivity contribution in [3.63, 3.8) is 0 Å². The van der Waals surface area contributed by atoms with Crippen LogP contribution in [0.2, 0.25) is 0 Å². The number of fused-ring (bicyclic) bond motifs is 1. The van der Waals surface area contributed by atoms with Crippen LogP contribution in [0.1, 0.15) is 94.6 Å². The van der Waals surface area contributed by atoms with Crippen LogP contribution in [0.15, 0.2) is 70.5 Å². The molecule has 16 heteroatoms. The van der Waals surface area contributed by atoms with Crippen molar-refractivity contribution < 1.29 is 22.6 Å². The number of carbonyl (C=O) groups is 2. The lowest BCUT2D eigenvalue weighted by molar-refractivity contribution is -0.133. The van der Waals surface area contributed by atoms with E-state index in [4.69, 9.17) is 0 Å². The maximum absolute atomic E-state index is 13.7. The topological polar surface area (TPSA) is 147 Å². The third kappa shape index (κ3) is 11.0. The minimum atomic E-state index is -2.88. The van der Waals surface area contributed by atoms with Gasteiger partial charge in [0.25, 0.3) is 12.0 Å².